The third-order valence-electron chi connectivity index (χ3n) is 3.54. The van der Waals surface area contributed by atoms with Crippen molar-refractivity contribution in [2.24, 2.45) is 0 Å². The first-order valence-electron chi connectivity index (χ1n) is 6.60. The molecule has 0 radical (unpaired) electrons. The maximum atomic E-state index is 12.2. The predicted molar refractivity (Wildman–Crippen MR) is 70.4 cm³/mol. The number of amides is 1. The van der Waals surface area contributed by atoms with E-state index < -0.39 is 0 Å². The number of carbonyl (C=O) groups is 2. The van der Waals surface area contributed by atoms with Gasteiger partial charge in [-0.2, -0.15) is 0 Å². The van der Waals surface area contributed by atoms with Crippen LogP contribution in [0, 0.1) is 0 Å². The number of hydrogen-bond acceptors (Lipinski definition) is 2. The lowest BCUT2D eigenvalue weighted by Gasteiger charge is -2.26. The van der Waals surface area contributed by atoms with E-state index in [1.54, 1.807) is 29.2 Å². The molecule has 1 aliphatic rings. The zero-order valence-corrected chi connectivity index (χ0v) is 10.8. The van der Waals surface area contributed by atoms with Crippen molar-refractivity contribution in [1.29, 1.82) is 0 Å². The molecule has 2 rings (SSSR count). The Morgan fingerprint density at radius 2 is 1.83 bits per heavy atom. The van der Waals surface area contributed by atoms with Gasteiger partial charge in [0.2, 0.25) is 5.78 Å². The highest BCUT2D eigenvalue weighted by atomic mass is 16.2. The highest BCUT2D eigenvalue weighted by Crippen LogP contribution is 2.17. The Hall–Kier alpha value is -1.64. The van der Waals surface area contributed by atoms with E-state index in [1.807, 2.05) is 13.0 Å². The predicted octanol–water partition coefficient (Wildman–Crippen LogP) is 2.66. The van der Waals surface area contributed by atoms with Crippen LogP contribution in [-0.4, -0.2) is 29.2 Å². The standard InChI is InChI=1S/C15H19NO2/c1-12-8-4-3-7-11-16(12)15(18)14(17)13-9-5-2-6-10-13/h2,5-6,9-10,12H,3-4,7-8,11H2,1H3. The van der Waals surface area contributed by atoms with Crippen LogP contribution in [0.15, 0.2) is 30.3 Å². The molecule has 0 saturated carbocycles. The van der Waals surface area contributed by atoms with Crippen molar-refractivity contribution in [2.75, 3.05) is 6.54 Å². The molecule has 18 heavy (non-hydrogen) atoms. The number of likely N-dealkylation sites (tertiary alicyclic amines) is 1. The first-order chi connectivity index (χ1) is 8.70. The summed E-state index contributed by atoms with van der Waals surface area (Å²) in [7, 11) is 0. The van der Waals surface area contributed by atoms with E-state index >= 15 is 0 Å². The van der Waals surface area contributed by atoms with Crippen LogP contribution in [0.25, 0.3) is 0 Å². The molecule has 0 bridgehead atoms. The average Bonchev–Trinajstić information content (AvgIpc) is 2.63. The number of Topliss-reactive ketones (excluding diaryl/α,β-unsaturated/α-hetero) is 1. The largest absolute Gasteiger partial charge is 0.333 e. The lowest BCUT2D eigenvalue weighted by Crippen LogP contribution is -2.42. The van der Waals surface area contributed by atoms with Crippen molar-refractivity contribution in [2.45, 2.75) is 38.6 Å². The van der Waals surface area contributed by atoms with E-state index in [2.05, 4.69) is 0 Å². The van der Waals surface area contributed by atoms with Crippen LogP contribution >= 0.6 is 0 Å². The molecule has 0 aromatic heterocycles. The maximum absolute atomic E-state index is 12.2. The summed E-state index contributed by atoms with van der Waals surface area (Å²) in [5, 5.41) is 0. The molecule has 0 N–H and O–H groups in total. The molecule has 1 aromatic rings. The molecule has 1 amide bonds. The topological polar surface area (TPSA) is 37.4 Å². The summed E-state index contributed by atoms with van der Waals surface area (Å²) in [6.45, 7) is 2.74. The number of nitrogens with zero attached hydrogens (tertiary/aromatic N) is 1. The Morgan fingerprint density at radius 3 is 2.56 bits per heavy atom. The van der Waals surface area contributed by atoms with Gasteiger partial charge in [0.1, 0.15) is 0 Å². The highest BCUT2D eigenvalue weighted by Gasteiger charge is 2.27. The second-order valence-corrected chi connectivity index (χ2v) is 4.89. The molecule has 96 valence electrons. The van der Waals surface area contributed by atoms with Gasteiger partial charge in [-0.15, -0.1) is 0 Å². The van der Waals surface area contributed by atoms with E-state index in [0.717, 1.165) is 25.7 Å². The molecule has 1 saturated heterocycles. The molecule has 0 spiro atoms. The lowest BCUT2D eigenvalue weighted by atomic mass is 10.1. The second kappa shape index (κ2) is 5.80. The first-order valence-corrected chi connectivity index (χ1v) is 6.60. The van der Waals surface area contributed by atoms with Crippen LogP contribution in [0.5, 0.6) is 0 Å². The molecule has 1 unspecified atom stereocenters. The van der Waals surface area contributed by atoms with Crippen molar-refractivity contribution < 1.29 is 9.59 Å². The number of carbonyl (C=O) groups excluding carboxylic acids is 2. The lowest BCUT2D eigenvalue weighted by molar-refractivity contribution is -0.128. The summed E-state index contributed by atoms with van der Waals surface area (Å²) in [5.74, 6) is -0.736. The van der Waals surface area contributed by atoms with Gasteiger partial charge in [-0.3, -0.25) is 9.59 Å². The third kappa shape index (κ3) is 2.78. The fourth-order valence-corrected chi connectivity index (χ4v) is 2.42. The van der Waals surface area contributed by atoms with E-state index in [9.17, 15) is 9.59 Å². The minimum atomic E-state index is -0.385. The van der Waals surface area contributed by atoms with Crippen LogP contribution in [-0.2, 0) is 4.79 Å². The molecular formula is C15H19NO2. The van der Waals surface area contributed by atoms with Gasteiger partial charge in [-0.25, -0.2) is 0 Å². The molecule has 3 heteroatoms. The van der Waals surface area contributed by atoms with Gasteiger partial charge in [-0.1, -0.05) is 43.2 Å². The van der Waals surface area contributed by atoms with E-state index in [-0.39, 0.29) is 17.7 Å². The van der Waals surface area contributed by atoms with Crippen LogP contribution in [0.3, 0.4) is 0 Å². The minimum absolute atomic E-state index is 0.174. The van der Waals surface area contributed by atoms with Crippen molar-refractivity contribution in [3.63, 3.8) is 0 Å². The van der Waals surface area contributed by atoms with Crippen molar-refractivity contribution in [3.05, 3.63) is 35.9 Å². The Labute approximate surface area is 108 Å². The summed E-state index contributed by atoms with van der Waals surface area (Å²) in [6.07, 6.45) is 4.28. The van der Waals surface area contributed by atoms with E-state index in [0.29, 0.717) is 12.1 Å². The molecule has 1 atom stereocenters. The van der Waals surface area contributed by atoms with E-state index in [1.165, 1.54) is 0 Å². The molecular weight excluding hydrogens is 226 g/mol. The van der Waals surface area contributed by atoms with Gasteiger partial charge < -0.3 is 4.90 Å². The Bertz CT molecular complexity index is 427. The van der Waals surface area contributed by atoms with Gasteiger partial charge in [-0.05, 0) is 19.8 Å². The van der Waals surface area contributed by atoms with Gasteiger partial charge in [0.05, 0.1) is 0 Å². The Morgan fingerprint density at radius 1 is 1.11 bits per heavy atom. The maximum Gasteiger partial charge on any atom is 0.295 e. The summed E-state index contributed by atoms with van der Waals surface area (Å²) < 4.78 is 0. The van der Waals surface area contributed by atoms with Crippen molar-refractivity contribution >= 4 is 11.7 Å². The number of hydrogen-bond donors (Lipinski definition) is 0. The molecule has 0 aliphatic carbocycles. The van der Waals surface area contributed by atoms with Crippen LogP contribution in [0.4, 0.5) is 0 Å². The normalized spacial score (nSPS) is 20.3. The molecule has 1 aliphatic heterocycles. The van der Waals surface area contributed by atoms with Gasteiger partial charge >= 0.3 is 0 Å². The van der Waals surface area contributed by atoms with Crippen molar-refractivity contribution in [1.82, 2.24) is 4.90 Å². The fourth-order valence-electron chi connectivity index (χ4n) is 2.42. The summed E-state index contributed by atoms with van der Waals surface area (Å²) in [5.41, 5.74) is 0.485. The summed E-state index contributed by atoms with van der Waals surface area (Å²) in [4.78, 5) is 26.1. The molecule has 3 nitrogen and oxygen atoms in total. The van der Waals surface area contributed by atoms with Gasteiger partial charge in [0, 0.05) is 18.2 Å². The van der Waals surface area contributed by atoms with Crippen LogP contribution < -0.4 is 0 Å². The Balaban J connectivity index is 2.13. The molecule has 1 fully saturated rings. The summed E-state index contributed by atoms with van der Waals surface area (Å²) in [6, 6.07) is 8.98. The highest BCUT2D eigenvalue weighted by molar-refractivity contribution is 6.42. The van der Waals surface area contributed by atoms with Gasteiger partial charge in [0.15, 0.2) is 0 Å². The van der Waals surface area contributed by atoms with Crippen LogP contribution in [0.2, 0.25) is 0 Å². The quantitative estimate of drug-likeness (QED) is 0.593. The average molecular weight is 245 g/mol. The zero-order chi connectivity index (χ0) is 13.0. The minimum Gasteiger partial charge on any atom is -0.333 e. The van der Waals surface area contributed by atoms with E-state index in [4.69, 9.17) is 0 Å². The smallest absolute Gasteiger partial charge is 0.295 e. The molecule has 1 aromatic carbocycles. The third-order valence-corrected chi connectivity index (χ3v) is 3.54. The van der Waals surface area contributed by atoms with Crippen LogP contribution in [0.1, 0.15) is 43.0 Å². The summed E-state index contributed by atoms with van der Waals surface area (Å²) >= 11 is 0. The first kappa shape index (κ1) is 12.8. The second-order valence-electron chi connectivity index (χ2n) is 4.89. The Kier molecular flexibility index (Phi) is 4.13. The monoisotopic (exact) mass is 245 g/mol. The number of ketones is 1. The van der Waals surface area contributed by atoms with Crippen molar-refractivity contribution in [3.8, 4) is 0 Å². The SMILES string of the molecule is CC1CCCCCN1C(=O)C(=O)c1ccccc1. The zero-order valence-electron chi connectivity index (χ0n) is 10.8. The fraction of sp³-hybridized carbons (Fsp3) is 0.467. The van der Waals surface area contributed by atoms with Gasteiger partial charge in [0.25, 0.3) is 5.91 Å². The molecule has 1 heterocycles. The number of benzene rings is 1. The number of rotatable bonds is 2.